The molecule has 7 nitrogen and oxygen atoms in total. The van der Waals surface area contributed by atoms with Crippen LogP contribution in [0.3, 0.4) is 0 Å². The van der Waals surface area contributed by atoms with E-state index >= 15 is 0 Å². The maximum absolute atomic E-state index is 13.6. The molecule has 2 aromatic heterocycles. The molecule has 1 aliphatic rings. The second kappa shape index (κ2) is 11.9. The summed E-state index contributed by atoms with van der Waals surface area (Å²) in [5.74, 6) is -0.273. The number of hydrogen-bond acceptors (Lipinski definition) is 7. The van der Waals surface area contributed by atoms with Crippen LogP contribution in [0.15, 0.2) is 41.9 Å². The van der Waals surface area contributed by atoms with E-state index in [2.05, 4.69) is 20.2 Å². The number of pyridine rings is 1. The Balaban J connectivity index is 1.42. The van der Waals surface area contributed by atoms with Gasteiger partial charge in [0, 0.05) is 49.0 Å². The second-order valence-corrected chi connectivity index (χ2v) is 9.81. The molecule has 1 fully saturated rings. The van der Waals surface area contributed by atoms with Crippen LogP contribution < -0.4 is 10.1 Å². The Labute approximate surface area is 218 Å². The van der Waals surface area contributed by atoms with Gasteiger partial charge in [0.1, 0.15) is 11.4 Å². The highest BCUT2D eigenvalue weighted by Gasteiger charge is 2.35. The van der Waals surface area contributed by atoms with Crippen LogP contribution in [0.5, 0.6) is 5.75 Å². The third-order valence-corrected chi connectivity index (χ3v) is 6.87. The number of ether oxygens (including phenoxy) is 1. The Morgan fingerprint density at radius 3 is 2.59 bits per heavy atom. The maximum Gasteiger partial charge on any atom is 0.420 e. The molecule has 198 valence electrons. The van der Waals surface area contributed by atoms with E-state index in [0.29, 0.717) is 41.6 Å². The minimum absolute atomic E-state index is 0.0986. The number of anilines is 2. The fraction of sp³-hybridized carbons (Fsp3) is 0.423. The molecule has 1 saturated heterocycles. The molecule has 3 heterocycles. The first kappa shape index (κ1) is 26.9. The molecule has 4 rings (SSSR count). The molecule has 1 aliphatic heterocycles. The van der Waals surface area contributed by atoms with Crippen LogP contribution in [0.1, 0.15) is 42.2 Å². The third kappa shape index (κ3) is 6.98. The van der Waals surface area contributed by atoms with Gasteiger partial charge in [0.2, 0.25) is 0 Å². The van der Waals surface area contributed by atoms with Crippen molar-refractivity contribution in [2.24, 2.45) is 0 Å². The van der Waals surface area contributed by atoms with Crippen molar-refractivity contribution in [2.45, 2.75) is 32.4 Å². The van der Waals surface area contributed by atoms with Crippen molar-refractivity contribution in [1.29, 1.82) is 0 Å². The summed E-state index contributed by atoms with van der Waals surface area (Å²) < 4.78 is 46.3. The van der Waals surface area contributed by atoms with Gasteiger partial charge in [-0.2, -0.15) is 13.2 Å². The standard InChI is InChI=1S/C26H30F3N5O2S/c1-3-4-5-14-36-23-9-7-19(15-20(23)26(27,28)29)31-25-32-22(17-37-25)18-6-8-21(30-16-18)24(35)34-12-10-33(2)11-13-34/h6-9,15-17H,3-5,10-14H2,1-2H3,(H,31,32). The van der Waals surface area contributed by atoms with Crippen molar-refractivity contribution in [3.63, 3.8) is 0 Å². The summed E-state index contributed by atoms with van der Waals surface area (Å²) in [6.45, 7) is 5.26. The zero-order valence-corrected chi connectivity index (χ0v) is 21.7. The number of hydrogen-bond donors (Lipinski definition) is 1. The number of alkyl halides is 3. The Morgan fingerprint density at radius 2 is 1.92 bits per heavy atom. The van der Waals surface area contributed by atoms with Gasteiger partial charge in [0.25, 0.3) is 5.91 Å². The minimum atomic E-state index is -4.54. The third-order valence-electron chi connectivity index (χ3n) is 6.11. The van der Waals surface area contributed by atoms with E-state index in [1.165, 1.54) is 17.4 Å². The molecule has 0 radical (unpaired) electrons. The van der Waals surface area contributed by atoms with Crippen LogP contribution in [0.2, 0.25) is 0 Å². The maximum atomic E-state index is 13.6. The largest absolute Gasteiger partial charge is 0.493 e. The Bertz CT molecular complexity index is 1190. The Morgan fingerprint density at radius 1 is 1.14 bits per heavy atom. The smallest absolute Gasteiger partial charge is 0.420 e. The van der Waals surface area contributed by atoms with Gasteiger partial charge in [0.05, 0.1) is 17.9 Å². The van der Waals surface area contributed by atoms with Crippen LogP contribution in [0.25, 0.3) is 11.3 Å². The lowest BCUT2D eigenvalue weighted by molar-refractivity contribution is -0.138. The molecule has 1 amide bonds. The fourth-order valence-corrected chi connectivity index (χ4v) is 4.66. The molecule has 3 aromatic rings. The van der Waals surface area contributed by atoms with Gasteiger partial charge in [0.15, 0.2) is 5.13 Å². The van der Waals surface area contributed by atoms with Crippen molar-refractivity contribution in [1.82, 2.24) is 19.8 Å². The summed E-state index contributed by atoms with van der Waals surface area (Å²) >= 11 is 1.27. The number of nitrogens with zero attached hydrogens (tertiary/aromatic N) is 4. The number of carbonyl (C=O) groups excluding carboxylic acids is 1. The van der Waals surface area contributed by atoms with E-state index in [-0.39, 0.29) is 24.0 Å². The molecule has 0 atom stereocenters. The highest BCUT2D eigenvalue weighted by Crippen LogP contribution is 2.39. The van der Waals surface area contributed by atoms with Gasteiger partial charge in [-0.3, -0.25) is 9.78 Å². The number of unbranched alkanes of at least 4 members (excludes halogenated alkanes) is 2. The van der Waals surface area contributed by atoms with Crippen molar-refractivity contribution >= 4 is 28.1 Å². The minimum Gasteiger partial charge on any atom is -0.493 e. The van der Waals surface area contributed by atoms with Crippen LogP contribution >= 0.6 is 11.3 Å². The van der Waals surface area contributed by atoms with Gasteiger partial charge in [-0.05, 0) is 43.8 Å². The summed E-state index contributed by atoms with van der Waals surface area (Å²) in [7, 11) is 2.03. The van der Waals surface area contributed by atoms with Crippen LogP contribution in [0.4, 0.5) is 24.0 Å². The van der Waals surface area contributed by atoms with E-state index in [1.807, 2.05) is 14.0 Å². The molecule has 1 N–H and O–H groups in total. The number of benzene rings is 1. The Kier molecular flexibility index (Phi) is 8.65. The number of aromatic nitrogens is 2. The molecule has 1 aromatic carbocycles. The summed E-state index contributed by atoms with van der Waals surface area (Å²) in [4.78, 5) is 25.5. The highest BCUT2D eigenvalue weighted by atomic mass is 32.1. The van der Waals surface area contributed by atoms with Gasteiger partial charge in [-0.15, -0.1) is 11.3 Å². The van der Waals surface area contributed by atoms with Crippen LogP contribution in [-0.4, -0.2) is 65.5 Å². The zero-order chi connectivity index (χ0) is 26.4. The van der Waals surface area contributed by atoms with Crippen molar-refractivity contribution in [2.75, 3.05) is 45.2 Å². The molecule has 0 bridgehead atoms. The number of piperazine rings is 1. The first-order chi connectivity index (χ1) is 17.7. The topological polar surface area (TPSA) is 70.6 Å². The lowest BCUT2D eigenvalue weighted by Gasteiger charge is -2.32. The van der Waals surface area contributed by atoms with Gasteiger partial charge < -0.3 is 19.9 Å². The Hall–Kier alpha value is -3.18. The molecular formula is C26H30F3N5O2S. The number of carbonyl (C=O) groups is 1. The number of likely N-dealkylation sites (N-methyl/N-ethyl adjacent to an activating group) is 1. The normalized spacial score (nSPS) is 14.6. The van der Waals surface area contributed by atoms with E-state index < -0.39 is 11.7 Å². The molecule has 11 heteroatoms. The van der Waals surface area contributed by atoms with Gasteiger partial charge in [-0.25, -0.2) is 4.98 Å². The second-order valence-electron chi connectivity index (χ2n) is 8.95. The van der Waals surface area contributed by atoms with E-state index in [0.717, 1.165) is 32.0 Å². The number of rotatable bonds is 9. The molecule has 0 aliphatic carbocycles. The van der Waals surface area contributed by atoms with Crippen molar-refractivity contribution in [3.05, 3.63) is 53.2 Å². The van der Waals surface area contributed by atoms with Crippen molar-refractivity contribution in [3.8, 4) is 17.0 Å². The average Bonchev–Trinajstić information content (AvgIpc) is 3.35. The number of halogens is 3. The molecule has 0 spiro atoms. The number of amides is 1. The molecular weight excluding hydrogens is 503 g/mol. The molecule has 37 heavy (non-hydrogen) atoms. The van der Waals surface area contributed by atoms with E-state index in [1.54, 1.807) is 34.7 Å². The van der Waals surface area contributed by atoms with Gasteiger partial charge in [-0.1, -0.05) is 19.8 Å². The lowest BCUT2D eigenvalue weighted by atomic mass is 10.1. The summed E-state index contributed by atoms with van der Waals surface area (Å²) in [6, 6.07) is 7.38. The zero-order valence-electron chi connectivity index (χ0n) is 20.8. The number of nitrogens with one attached hydrogen (secondary N) is 1. The molecule has 0 saturated carbocycles. The SMILES string of the molecule is CCCCCOc1ccc(Nc2nc(-c3ccc(C(=O)N4CCN(C)CC4)nc3)cs2)cc1C(F)(F)F. The summed E-state index contributed by atoms with van der Waals surface area (Å²) in [6.07, 6.45) is -0.383. The van der Waals surface area contributed by atoms with Crippen LogP contribution in [0, 0.1) is 0 Å². The predicted molar refractivity (Wildman–Crippen MR) is 138 cm³/mol. The monoisotopic (exact) mass is 533 g/mol. The first-order valence-corrected chi connectivity index (χ1v) is 13.1. The average molecular weight is 534 g/mol. The quantitative estimate of drug-likeness (QED) is 0.344. The fourth-order valence-electron chi connectivity index (χ4n) is 3.92. The van der Waals surface area contributed by atoms with Gasteiger partial charge >= 0.3 is 6.18 Å². The summed E-state index contributed by atoms with van der Waals surface area (Å²) in [5.41, 5.74) is 1.14. The molecule has 0 unspecified atom stereocenters. The van der Waals surface area contributed by atoms with E-state index in [4.69, 9.17) is 4.74 Å². The predicted octanol–water partition coefficient (Wildman–Crippen LogP) is 5.92. The van der Waals surface area contributed by atoms with E-state index in [9.17, 15) is 18.0 Å². The van der Waals surface area contributed by atoms with Crippen molar-refractivity contribution < 1.29 is 22.7 Å². The first-order valence-electron chi connectivity index (χ1n) is 12.3. The highest BCUT2D eigenvalue weighted by molar-refractivity contribution is 7.14. The summed E-state index contributed by atoms with van der Waals surface area (Å²) in [5, 5.41) is 5.18. The lowest BCUT2D eigenvalue weighted by Crippen LogP contribution is -2.47. The van der Waals surface area contributed by atoms with Crippen LogP contribution in [-0.2, 0) is 6.18 Å². The number of thiazole rings is 1.